The highest BCUT2D eigenvalue weighted by molar-refractivity contribution is 9.10. The van der Waals surface area contributed by atoms with E-state index in [0.29, 0.717) is 0 Å². The first kappa shape index (κ1) is 20.6. The van der Waals surface area contributed by atoms with E-state index in [-0.39, 0.29) is 5.41 Å². The smallest absolute Gasteiger partial charge is 0.0712 e. The highest BCUT2D eigenvalue weighted by atomic mass is 79.9. The summed E-state index contributed by atoms with van der Waals surface area (Å²) < 4.78 is 1.22. The molecule has 0 saturated heterocycles. The third-order valence-electron chi connectivity index (χ3n) is 7.41. The van der Waals surface area contributed by atoms with Gasteiger partial charge in [0.15, 0.2) is 0 Å². The van der Waals surface area contributed by atoms with E-state index in [9.17, 15) is 0 Å². The summed E-state index contributed by atoms with van der Waals surface area (Å²) in [5.41, 5.74) is 9.49. The van der Waals surface area contributed by atoms with E-state index in [0.717, 1.165) is 12.1 Å². The Kier molecular flexibility index (Phi) is 5.07. The molecule has 1 atom stereocenters. The van der Waals surface area contributed by atoms with Gasteiger partial charge in [0.1, 0.15) is 0 Å². The van der Waals surface area contributed by atoms with Crippen molar-refractivity contribution in [1.29, 1.82) is 0 Å². The van der Waals surface area contributed by atoms with Crippen molar-refractivity contribution in [2.24, 2.45) is 4.99 Å². The Balaban J connectivity index is 0.000000137. The molecule has 4 aliphatic rings. The fourth-order valence-corrected chi connectivity index (χ4v) is 6.21. The average molecular weight is 492 g/mol. The number of para-hydroxylation sites is 1. The topological polar surface area (TPSA) is 12.4 Å². The number of rotatable bonds is 0. The molecule has 0 radical (unpaired) electrons. The van der Waals surface area contributed by atoms with Gasteiger partial charge >= 0.3 is 0 Å². The highest BCUT2D eigenvalue weighted by Gasteiger charge is 2.36. The number of allylic oxidation sites excluding steroid dienone is 7. The van der Waals surface area contributed by atoms with E-state index >= 15 is 0 Å². The monoisotopic (exact) mass is 491 g/mol. The van der Waals surface area contributed by atoms with Gasteiger partial charge in [0.05, 0.1) is 11.4 Å². The molecule has 162 valence electrons. The summed E-state index contributed by atoms with van der Waals surface area (Å²) in [6, 6.07) is 19.3. The molecule has 3 aromatic rings. The van der Waals surface area contributed by atoms with Crippen LogP contribution in [0.2, 0.25) is 0 Å². The van der Waals surface area contributed by atoms with Crippen LogP contribution in [0.25, 0.3) is 22.4 Å². The Labute approximate surface area is 204 Å². The Morgan fingerprint density at radius 3 is 2.70 bits per heavy atom. The summed E-state index contributed by atoms with van der Waals surface area (Å²) in [5, 5.41) is 2.67. The van der Waals surface area contributed by atoms with Crippen LogP contribution in [-0.4, -0.2) is 5.71 Å². The zero-order chi connectivity index (χ0) is 22.4. The molecular weight excluding hydrogens is 466 g/mol. The largest absolute Gasteiger partial charge is 0.252 e. The standard InChI is InChI=1S/C19H17Br.C12H9N/c1-19-11-5-4-6-13(19)9-10-15-14-7-2-3-8-16(14)18(20)12-17(15)19;1-3-7-11-9(5-1)10-6-2-4-8-12(10)13-11/h2-3,6-10,12H,4-5,11H2,1H3;1-7H,8H2. The third-order valence-corrected chi connectivity index (χ3v) is 8.07. The predicted octanol–water partition coefficient (Wildman–Crippen LogP) is 9.11. The first-order valence-electron chi connectivity index (χ1n) is 11.8. The molecule has 2 heteroatoms. The summed E-state index contributed by atoms with van der Waals surface area (Å²) in [5.74, 6) is 0. The molecule has 1 unspecified atom stereocenters. The normalized spacial score (nSPS) is 21.6. The van der Waals surface area contributed by atoms with Gasteiger partial charge in [-0.25, -0.2) is 0 Å². The molecule has 0 fully saturated rings. The van der Waals surface area contributed by atoms with E-state index < -0.39 is 0 Å². The summed E-state index contributed by atoms with van der Waals surface area (Å²) >= 11 is 3.77. The molecule has 0 amide bonds. The molecule has 3 aromatic carbocycles. The summed E-state index contributed by atoms with van der Waals surface area (Å²) in [7, 11) is 0. The first-order valence-corrected chi connectivity index (χ1v) is 12.6. The van der Waals surface area contributed by atoms with Crippen LogP contribution in [0, 0.1) is 0 Å². The lowest BCUT2D eigenvalue weighted by molar-refractivity contribution is 0.473. The Morgan fingerprint density at radius 1 is 0.970 bits per heavy atom. The maximum Gasteiger partial charge on any atom is 0.0712 e. The molecule has 1 aliphatic heterocycles. The maximum absolute atomic E-state index is 4.57. The lowest BCUT2D eigenvalue weighted by Gasteiger charge is -2.39. The molecule has 0 bridgehead atoms. The number of nitrogens with zero attached hydrogens (tertiary/aromatic N) is 1. The minimum absolute atomic E-state index is 0.189. The Bertz CT molecular complexity index is 1430. The van der Waals surface area contributed by atoms with Crippen molar-refractivity contribution in [3.05, 3.63) is 112 Å². The van der Waals surface area contributed by atoms with Crippen LogP contribution in [0.3, 0.4) is 0 Å². The molecule has 33 heavy (non-hydrogen) atoms. The van der Waals surface area contributed by atoms with Crippen LogP contribution in [0.5, 0.6) is 0 Å². The Morgan fingerprint density at radius 2 is 1.79 bits per heavy atom. The third kappa shape index (κ3) is 3.40. The maximum atomic E-state index is 4.57. The van der Waals surface area contributed by atoms with E-state index in [2.05, 4.69) is 113 Å². The zero-order valence-corrected chi connectivity index (χ0v) is 20.4. The van der Waals surface area contributed by atoms with E-state index in [1.807, 2.05) is 6.07 Å². The molecule has 0 spiro atoms. The van der Waals surface area contributed by atoms with Crippen molar-refractivity contribution in [2.45, 2.75) is 38.0 Å². The molecule has 0 N–H and O–H groups in total. The van der Waals surface area contributed by atoms with E-state index in [4.69, 9.17) is 0 Å². The van der Waals surface area contributed by atoms with Crippen LogP contribution in [0.4, 0.5) is 5.69 Å². The van der Waals surface area contributed by atoms with E-state index in [1.165, 1.54) is 68.1 Å². The molecule has 0 saturated carbocycles. The molecule has 1 heterocycles. The summed E-state index contributed by atoms with van der Waals surface area (Å²) in [6.07, 6.45) is 18.2. The second kappa shape index (κ2) is 8.11. The van der Waals surface area contributed by atoms with E-state index in [1.54, 1.807) is 0 Å². The minimum atomic E-state index is 0.189. The van der Waals surface area contributed by atoms with Gasteiger partial charge in [-0.2, -0.15) is 0 Å². The van der Waals surface area contributed by atoms with Gasteiger partial charge in [0.2, 0.25) is 0 Å². The number of fused-ring (bicyclic) bond motifs is 8. The molecule has 3 aliphatic carbocycles. The lowest BCUT2D eigenvalue weighted by atomic mass is 9.65. The predicted molar refractivity (Wildman–Crippen MR) is 145 cm³/mol. The van der Waals surface area contributed by atoms with Crippen molar-refractivity contribution in [2.75, 3.05) is 0 Å². The fraction of sp³-hybridized carbons (Fsp3) is 0.194. The molecule has 0 aromatic heterocycles. The average Bonchev–Trinajstić information content (AvgIpc) is 3.23. The SMILES string of the molecule is C1=CCC2=Nc3ccccc3C2=C1.CC12CCCC=C1C=Cc1c2cc(Br)c2ccccc12. The zero-order valence-electron chi connectivity index (χ0n) is 18.8. The van der Waals surface area contributed by atoms with Gasteiger partial charge in [-0.15, -0.1) is 0 Å². The quantitative estimate of drug-likeness (QED) is 0.297. The number of hydrogen-bond acceptors (Lipinski definition) is 1. The summed E-state index contributed by atoms with van der Waals surface area (Å²) in [6.45, 7) is 2.40. The molecule has 1 nitrogen and oxygen atoms in total. The van der Waals surface area contributed by atoms with Crippen LogP contribution in [0.15, 0.2) is 100 Å². The van der Waals surface area contributed by atoms with Crippen LogP contribution in [-0.2, 0) is 5.41 Å². The number of halogens is 1. The number of hydrogen-bond donors (Lipinski definition) is 0. The van der Waals surface area contributed by atoms with Crippen LogP contribution in [0.1, 0.15) is 49.3 Å². The molecular formula is C31H26BrN. The molecule has 7 rings (SSSR count). The van der Waals surface area contributed by atoms with Gasteiger partial charge in [-0.1, -0.05) is 102 Å². The van der Waals surface area contributed by atoms with Gasteiger partial charge in [-0.3, -0.25) is 4.99 Å². The van der Waals surface area contributed by atoms with Gasteiger partial charge in [-0.05, 0) is 58.9 Å². The fourth-order valence-electron chi connectivity index (χ4n) is 5.63. The van der Waals surface area contributed by atoms with Gasteiger partial charge in [0, 0.05) is 27.4 Å². The van der Waals surface area contributed by atoms with Crippen molar-refractivity contribution in [3.8, 4) is 0 Å². The Hall–Kier alpha value is -2.97. The van der Waals surface area contributed by atoms with Crippen LogP contribution >= 0.6 is 15.9 Å². The van der Waals surface area contributed by atoms with Crippen molar-refractivity contribution in [3.63, 3.8) is 0 Å². The van der Waals surface area contributed by atoms with Crippen molar-refractivity contribution >= 4 is 49.8 Å². The van der Waals surface area contributed by atoms with Crippen molar-refractivity contribution in [1.82, 2.24) is 0 Å². The lowest BCUT2D eigenvalue weighted by Crippen LogP contribution is -2.29. The van der Waals surface area contributed by atoms with Gasteiger partial charge < -0.3 is 0 Å². The first-order chi connectivity index (χ1) is 16.1. The minimum Gasteiger partial charge on any atom is -0.252 e. The summed E-state index contributed by atoms with van der Waals surface area (Å²) in [4.78, 5) is 4.57. The van der Waals surface area contributed by atoms with Crippen LogP contribution < -0.4 is 0 Å². The second-order valence-electron chi connectivity index (χ2n) is 9.37. The number of aliphatic imine (C=N–C) groups is 1. The number of benzene rings is 3. The van der Waals surface area contributed by atoms with Gasteiger partial charge in [0.25, 0.3) is 0 Å². The highest BCUT2D eigenvalue weighted by Crippen LogP contribution is 2.48. The van der Waals surface area contributed by atoms with Crippen molar-refractivity contribution < 1.29 is 0 Å². The second-order valence-corrected chi connectivity index (χ2v) is 10.2.